The molecule has 0 bridgehead atoms. The predicted octanol–water partition coefficient (Wildman–Crippen LogP) is 1.44. The topological polar surface area (TPSA) is 64.4 Å². The molecule has 1 aliphatic carbocycles. The van der Waals surface area contributed by atoms with Gasteiger partial charge in [0.05, 0.1) is 6.10 Å². The molecule has 1 aliphatic heterocycles. The first kappa shape index (κ1) is 13.8. The molecule has 2 fully saturated rings. The Labute approximate surface area is 110 Å². The van der Waals surface area contributed by atoms with E-state index in [0.717, 1.165) is 51.7 Å². The average molecular weight is 254 g/mol. The summed E-state index contributed by atoms with van der Waals surface area (Å²) in [7, 11) is 0. The van der Waals surface area contributed by atoms with Crippen molar-refractivity contribution in [1.82, 2.24) is 5.32 Å². The molecule has 2 rings (SSSR count). The number of rotatable bonds is 4. The van der Waals surface area contributed by atoms with Crippen LogP contribution in [0.4, 0.5) is 0 Å². The van der Waals surface area contributed by atoms with Crippen LogP contribution in [0.15, 0.2) is 0 Å². The molecule has 4 heteroatoms. The van der Waals surface area contributed by atoms with Crippen molar-refractivity contribution < 1.29 is 9.53 Å². The van der Waals surface area contributed by atoms with Gasteiger partial charge in [-0.1, -0.05) is 0 Å². The number of carbonyl (C=O) groups excluding carboxylic acids is 1. The quantitative estimate of drug-likeness (QED) is 0.798. The van der Waals surface area contributed by atoms with Crippen molar-refractivity contribution in [3.63, 3.8) is 0 Å². The van der Waals surface area contributed by atoms with Crippen molar-refractivity contribution in [1.29, 1.82) is 0 Å². The van der Waals surface area contributed by atoms with Gasteiger partial charge in [0.1, 0.15) is 0 Å². The summed E-state index contributed by atoms with van der Waals surface area (Å²) in [6.45, 7) is 2.31. The van der Waals surface area contributed by atoms with E-state index >= 15 is 0 Å². The summed E-state index contributed by atoms with van der Waals surface area (Å²) in [6.07, 6.45) is 7.92. The van der Waals surface area contributed by atoms with Crippen LogP contribution in [0, 0.1) is 11.8 Å². The van der Waals surface area contributed by atoms with Crippen molar-refractivity contribution in [3.8, 4) is 0 Å². The Morgan fingerprint density at radius 3 is 2.56 bits per heavy atom. The summed E-state index contributed by atoms with van der Waals surface area (Å²) in [5.41, 5.74) is 5.66. The number of carbonyl (C=O) groups is 1. The van der Waals surface area contributed by atoms with Crippen molar-refractivity contribution in [2.24, 2.45) is 17.6 Å². The lowest BCUT2D eigenvalue weighted by atomic mass is 9.81. The molecule has 2 aliphatic rings. The smallest absolute Gasteiger partial charge is 0.223 e. The summed E-state index contributed by atoms with van der Waals surface area (Å²) in [6, 6.07) is 0. The fourth-order valence-corrected chi connectivity index (χ4v) is 2.99. The molecule has 18 heavy (non-hydrogen) atoms. The molecule has 0 spiro atoms. The Morgan fingerprint density at radius 1 is 1.17 bits per heavy atom. The van der Waals surface area contributed by atoms with Gasteiger partial charge in [0.2, 0.25) is 5.91 Å². The van der Waals surface area contributed by atoms with Gasteiger partial charge in [-0.3, -0.25) is 4.79 Å². The lowest BCUT2D eigenvalue weighted by Gasteiger charge is -2.28. The van der Waals surface area contributed by atoms with Crippen LogP contribution in [0.5, 0.6) is 0 Å². The normalized spacial score (nSPS) is 33.1. The van der Waals surface area contributed by atoms with Crippen LogP contribution < -0.4 is 11.1 Å². The third-order valence-corrected chi connectivity index (χ3v) is 4.33. The van der Waals surface area contributed by atoms with E-state index in [1.807, 2.05) is 0 Å². The van der Waals surface area contributed by atoms with Gasteiger partial charge < -0.3 is 15.8 Å². The van der Waals surface area contributed by atoms with Crippen LogP contribution in [-0.4, -0.2) is 31.7 Å². The van der Waals surface area contributed by atoms with Crippen molar-refractivity contribution in [2.75, 3.05) is 19.7 Å². The molecule has 0 aromatic carbocycles. The summed E-state index contributed by atoms with van der Waals surface area (Å²) in [4.78, 5) is 12.0. The molecule has 104 valence electrons. The van der Waals surface area contributed by atoms with Gasteiger partial charge in [0, 0.05) is 19.1 Å². The first-order valence-corrected chi connectivity index (χ1v) is 7.39. The van der Waals surface area contributed by atoms with E-state index in [9.17, 15) is 4.79 Å². The third-order valence-electron chi connectivity index (χ3n) is 4.33. The van der Waals surface area contributed by atoms with E-state index in [2.05, 4.69) is 5.32 Å². The minimum Gasteiger partial charge on any atom is -0.376 e. The Kier molecular flexibility index (Phi) is 5.45. The van der Waals surface area contributed by atoms with Crippen molar-refractivity contribution in [3.05, 3.63) is 0 Å². The maximum Gasteiger partial charge on any atom is 0.223 e. The second-order valence-corrected chi connectivity index (χ2v) is 5.69. The minimum absolute atomic E-state index is 0.205. The summed E-state index contributed by atoms with van der Waals surface area (Å²) in [5, 5.41) is 3.06. The Hall–Kier alpha value is -0.610. The highest BCUT2D eigenvalue weighted by Crippen LogP contribution is 2.28. The summed E-state index contributed by atoms with van der Waals surface area (Å²) < 4.78 is 5.62. The lowest BCUT2D eigenvalue weighted by Crippen LogP contribution is -2.40. The third kappa shape index (κ3) is 3.95. The zero-order valence-corrected chi connectivity index (χ0v) is 11.2. The van der Waals surface area contributed by atoms with Crippen molar-refractivity contribution >= 4 is 5.91 Å². The Morgan fingerprint density at radius 2 is 1.94 bits per heavy atom. The zero-order valence-electron chi connectivity index (χ0n) is 11.2. The van der Waals surface area contributed by atoms with E-state index in [4.69, 9.17) is 10.5 Å². The van der Waals surface area contributed by atoms with Crippen LogP contribution in [0.1, 0.15) is 44.9 Å². The molecule has 0 aromatic rings. The highest BCUT2D eigenvalue weighted by atomic mass is 16.5. The number of ether oxygens (including phenoxy) is 1. The highest BCUT2D eigenvalue weighted by Gasteiger charge is 2.26. The maximum atomic E-state index is 12.0. The van der Waals surface area contributed by atoms with Gasteiger partial charge in [-0.15, -0.1) is 0 Å². The van der Waals surface area contributed by atoms with Gasteiger partial charge in [-0.05, 0) is 57.4 Å². The molecule has 3 N–H and O–H groups in total. The summed E-state index contributed by atoms with van der Waals surface area (Å²) in [5.74, 6) is 1.06. The molecule has 1 unspecified atom stereocenters. The average Bonchev–Trinajstić information content (AvgIpc) is 2.46. The van der Waals surface area contributed by atoms with Gasteiger partial charge in [0.15, 0.2) is 0 Å². The monoisotopic (exact) mass is 254 g/mol. The first-order chi connectivity index (χ1) is 8.79. The van der Waals surface area contributed by atoms with Crippen LogP contribution in [0.25, 0.3) is 0 Å². The molecular weight excluding hydrogens is 228 g/mol. The van der Waals surface area contributed by atoms with E-state index in [1.54, 1.807) is 0 Å². The molecule has 1 heterocycles. The molecule has 1 atom stereocenters. The molecular formula is C14H26N2O2. The van der Waals surface area contributed by atoms with E-state index in [-0.39, 0.29) is 17.9 Å². The van der Waals surface area contributed by atoms with Crippen LogP contribution in [0.2, 0.25) is 0 Å². The van der Waals surface area contributed by atoms with E-state index in [0.29, 0.717) is 12.5 Å². The molecule has 0 aromatic heterocycles. The number of hydrogen-bond acceptors (Lipinski definition) is 3. The predicted molar refractivity (Wildman–Crippen MR) is 71.1 cm³/mol. The standard InChI is InChI=1S/C14H26N2O2/c15-9-11-4-6-12(7-5-11)14(17)16-10-13-3-1-2-8-18-13/h11-13H,1-10,15H2,(H,16,17). The SMILES string of the molecule is NCC1CCC(C(=O)NCC2CCCCO2)CC1. The number of amides is 1. The number of nitrogens with two attached hydrogens (primary N) is 1. The molecule has 1 saturated heterocycles. The van der Waals surface area contributed by atoms with Crippen LogP contribution in [0.3, 0.4) is 0 Å². The lowest BCUT2D eigenvalue weighted by molar-refractivity contribution is -0.127. The van der Waals surface area contributed by atoms with Gasteiger partial charge >= 0.3 is 0 Å². The number of hydrogen-bond donors (Lipinski definition) is 2. The van der Waals surface area contributed by atoms with Crippen LogP contribution >= 0.6 is 0 Å². The summed E-state index contributed by atoms with van der Waals surface area (Å²) >= 11 is 0. The molecule has 1 saturated carbocycles. The molecule has 1 amide bonds. The van der Waals surface area contributed by atoms with Gasteiger partial charge in [-0.25, -0.2) is 0 Å². The maximum absolute atomic E-state index is 12.0. The second-order valence-electron chi connectivity index (χ2n) is 5.69. The first-order valence-electron chi connectivity index (χ1n) is 7.39. The van der Waals surface area contributed by atoms with Crippen molar-refractivity contribution in [2.45, 2.75) is 51.0 Å². The number of nitrogens with one attached hydrogen (secondary N) is 1. The Balaban J connectivity index is 1.65. The molecule has 4 nitrogen and oxygen atoms in total. The van der Waals surface area contributed by atoms with E-state index in [1.165, 1.54) is 6.42 Å². The fraction of sp³-hybridized carbons (Fsp3) is 0.929. The minimum atomic E-state index is 0.205. The second kappa shape index (κ2) is 7.10. The largest absolute Gasteiger partial charge is 0.376 e. The zero-order chi connectivity index (χ0) is 12.8. The van der Waals surface area contributed by atoms with E-state index < -0.39 is 0 Å². The molecule has 0 radical (unpaired) electrons. The van der Waals surface area contributed by atoms with Gasteiger partial charge in [0.25, 0.3) is 0 Å². The fourth-order valence-electron chi connectivity index (χ4n) is 2.99. The highest BCUT2D eigenvalue weighted by molar-refractivity contribution is 5.78. The Bertz CT molecular complexity index is 257. The van der Waals surface area contributed by atoms with Gasteiger partial charge in [-0.2, -0.15) is 0 Å². The van der Waals surface area contributed by atoms with Crippen LogP contribution in [-0.2, 0) is 9.53 Å².